The number of carbonyl (C=O) groups excluding carboxylic acids is 1. The summed E-state index contributed by atoms with van der Waals surface area (Å²) in [4.78, 5) is 15.3. The fraction of sp³-hybridized carbons (Fsp3) is 0.500. The normalized spacial score (nSPS) is 11.0. The van der Waals surface area contributed by atoms with Gasteiger partial charge in [-0.1, -0.05) is 0 Å². The van der Waals surface area contributed by atoms with Crippen LogP contribution in [0.15, 0.2) is 24.5 Å². The number of pyridine rings is 1. The van der Waals surface area contributed by atoms with Crippen molar-refractivity contribution in [3.8, 4) is 5.75 Å². The molecule has 0 aromatic carbocycles. The minimum Gasteiger partial charge on any atom is -0.491 e. The number of nitrogens with one attached hydrogen (secondary N) is 1. The largest absolute Gasteiger partial charge is 0.491 e. The molecule has 1 heterocycles. The Balaban J connectivity index is 2.17. The molecule has 0 aliphatic rings. The van der Waals surface area contributed by atoms with Gasteiger partial charge in [-0.3, -0.25) is 9.78 Å². The molecule has 1 aromatic rings. The van der Waals surface area contributed by atoms with E-state index in [0.29, 0.717) is 25.3 Å². The van der Waals surface area contributed by atoms with E-state index >= 15 is 0 Å². The van der Waals surface area contributed by atoms with Crippen molar-refractivity contribution in [2.24, 2.45) is 5.73 Å². The van der Waals surface area contributed by atoms with Crippen LogP contribution >= 0.6 is 0 Å². The minimum atomic E-state index is -0.389. The van der Waals surface area contributed by atoms with Crippen molar-refractivity contribution >= 4 is 5.91 Å². The van der Waals surface area contributed by atoms with E-state index in [4.69, 9.17) is 10.5 Å². The highest BCUT2D eigenvalue weighted by atomic mass is 16.5. The Kier molecular flexibility index (Phi) is 4.90. The van der Waals surface area contributed by atoms with Crippen LogP contribution in [-0.2, 0) is 4.79 Å². The first-order valence-electron chi connectivity index (χ1n) is 5.56. The number of hydrogen-bond donors (Lipinski definition) is 2. The average molecular weight is 237 g/mol. The number of nitrogens with zero attached hydrogens (tertiary/aromatic N) is 1. The zero-order valence-corrected chi connectivity index (χ0v) is 10.3. The summed E-state index contributed by atoms with van der Waals surface area (Å²) >= 11 is 0. The topological polar surface area (TPSA) is 77.2 Å². The van der Waals surface area contributed by atoms with Crippen molar-refractivity contribution in [1.82, 2.24) is 10.3 Å². The highest BCUT2D eigenvalue weighted by Crippen LogP contribution is 2.06. The van der Waals surface area contributed by atoms with E-state index in [1.54, 1.807) is 24.5 Å². The van der Waals surface area contributed by atoms with E-state index in [0.717, 1.165) is 0 Å². The highest BCUT2D eigenvalue weighted by molar-refractivity contribution is 5.76. The highest BCUT2D eigenvalue weighted by Gasteiger charge is 2.11. The van der Waals surface area contributed by atoms with Gasteiger partial charge in [-0.25, -0.2) is 0 Å². The van der Waals surface area contributed by atoms with Gasteiger partial charge in [0.05, 0.1) is 19.2 Å². The fourth-order valence-corrected chi connectivity index (χ4v) is 1.11. The molecule has 0 saturated carbocycles. The smallest absolute Gasteiger partial charge is 0.223 e. The number of aromatic nitrogens is 1. The fourth-order valence-electron chi connectivity index (χ4n) is 1.11. The summed E-state index contributed by atoms with van der Waals surface area (Å²) in [5, 5.41) is 2.75. The lowest BCUT2D eigenvalue weighted by molar-refractivity contribution is -0.121. The Morgan fingerprint density at radius 3 is 2.94 bits per heavy atom. The number of nitrogens with two attached hydrogens (primary N) is 1. The molecule has 0 aliphatic heterocycles. The lowest BCUT2D eigenvalue weighted by Gasteiger charge is -2.18. The second-order valence-corrected chi connectivity index (χ2v) is 4.55. The molecule has 0 radical (unpaired) electrons. The molecule has 0 atom stereocenters. The summed E-state index contributed by atoms with van der Waals surface area (Å²) < 4.78 is 5.35. The quantitative estimate of drug-likeness (QED) is 0.763. The molecule has 5 heteroatoms. The lowest BCUT2D eigenvalue weighted by atomic mass is 10.1. The molecule has 5 nitrogen and oxygen atoms in total. The minimum absolute atomic E-state index is 0.0626. The van der Waals surface area contributed by atoms with Crippen LogP contribution in [0.4, 0.5) is 0 Å². The number of amides is 1. The number of ether oxygens (including phenoxy) is 1. The van der Waals surface area contributed by atoms with Crippen molar-refractivity contribution in [3.63, 3.8) is 0 Å². The van der Waals surface area contributed by atoms with Gasteiger partial charge in [0.15, 0.2) is 0 Å². The molecule has 0 aliphatic carbocycles. The van der Waals surface area contributed by atoms with Gasteiger partial charge in [0.2, 0.25) is 5.91 Å². The molecule has 0 saturated heterocycles. The van der Waals surface area contributed by atoms with Gasteiger partial charge < -0.3 is 15.8 Å². The maximum atomic E-state index is 11.4. The Morgan fingerprint density at radius 1 is 1.59 bits per heavy atom. The van der Waals surface area contributed by atoms with E-state index in [9.17, 15) is 4.79 Å². The molecular formula is C12H19N3O2. The molecule has 3 N–H and O–H groups in total. The van der Waals surface area contributed by atoms with Crippen LogP contribution in [0.2, 0.25) is 0 Å². The average Bonchev–Trinajstić information content (AvgIpc) is 2.27. The Morgan fingerprint density at radius 2 is 2.35 bits per heavy atom. The van der Waals surface area contributed by atoms with Crippen LogP contribution < -0.4 is 15.8 Å². The van der Waals surface area contributed by atoms with Crippen LogP contribution in [0.5, 0.6) is 5.75 Å². The van der Waals surface area contributed by atoms with Gasteiger partial charge in [-0.15, -0.1) is 0 Å². The third-order valence-corrected chi connectivity index (χ3v) is 1.97. The van der Waals surface area contributed by atoms with Crippen molar-refractivity contribution in [2.45, 2.75) is 25.8 Å². The summed E-state index contributed by atoms with van der Waals surface area (Å²) in [5.41, 5.74) is 5.36. The van der Waals surface area contributed by atoms with Gasteiger partial charge in [0.1, 0.15) is 5.75 Å². The molecule has 17 heavy (non-hydrogen) atoms. The van der Waals surface area contributed by atoms with Crippen LogP contribution in [0.1, 0.15) is 20.3 Å². The van der Waals surface area contributed by atoms with Crippen molar-refractivity contribution < 1.29 is 9.53 Å². The van der Waals surface area contributed by atoms with Crippen molar-refractivity contribution in [2.75, 3.05) is 13.2 Å². The van der Waals surface area contributed by atoms with Crippen LogP contribution in [0.25, 0.3) is 0 Å². The molecule has 1 amide bonds. The predicted molar refractivity (Wildman–Crippen MR) is 65.6 cm³/mol. The molecule has 1 aromatic heterocycles. The van der Waals surface area contributed by atoms with Crippen molar-refractivity contribution in [1.29, 1.82) is 0 Å². The first-order valence-corrected chi connectivity index (χ1v) is 5.56. The molecule has 94 valence electrons. The third kappa shape index (κ3) is 6.52. The first kappa shape index (κ1) is 13.4. The SMILES string of the molecule is CC(C)(N)CNC(=O)CCOc1cccnc1. The molecular weight excluding hydrogens is 218 g/mol. The second-order valence-electron chi connectivity index (χ2n) is 4.55. The maximum Gasteiger partial charge on any atom is 0.223 e. The molecule has 0 bridgehead atoms. The summed E-state index contributed by atoms with van der Waals surface area (Å²) in [6.07, 6.45) is 3.59. The Bertz CT molecular complexity index is 347. The molecule has 0 unspecified atom stereocenters. The zero-order chi connectivity index (χ0) is 12.7. The predicted octanol–water partition coefficient (Wildman–Crippen LogP) is 0.704. The summed E-state index contributed by atoms with van der Waals surface area (Å²) in [5.74, 6) is 0.604. The van der Waals surface area contributed by atoms with E-state index in [-0.39, 0.29) is 11.4 Å². The summed E-state index contributed by atoms with van der Waals surface area (Å²) in [7, 11) is 0. The molecule has 0 fully saturated rings. The van der Waals surface area contributed by atoms with E-state index in [1.807, 2.05) is 13.8 Å². The number of hydrogen-bond acceptors (Lipinski definition) is 4. The summed E-state index contributed by atoms with van der Waals surface area (Å²) in [6, 6.07) is 3.58. The van der Waals surface area contributed by atoms with Crippen LogP contribution in [0, 0.1) is 0 Å². The Labute approximate surface area is 101 Å². The van der Waals surface area contributed by atoms with Gasteiger partial charge in [0.25, 0.3) is 0 Å². The Hall–Kier alpha value is -1.62. The van der Waals surface area contributed by atoms with Gasteiger partial charge in [0, 0.05) is 18.3 Å². The zero-order valence-electron chi connectivity index (χ0n) is 10.3. The third-order valence-electron chi connectivity index (χ3n) is 1.97. The van der Waals surface area contributed by atoms with Crippen LogP contribution in [0.3, 0.4) is 0 Å². The standard InChI is InChI=1S/C12H19N3O2/c1-12(2,13)9-15-11(16)5-7-17-10-4-3-6-14-8-10/h3-4,6,8H,5,7,9,13H2,1-2H3,(H,15,16). The maximum absolute atomic E-state index is 11.4. The monoisotopic (exact) mass is 237 g/mol. The molecule has 0 spiro atoms. The van der Waals surface area contributed by atoms with Gasteiger partial charge in [-0.2, -0.15) is 0 Å². The lowest BCUT2D eigenvalue weighted by Crippen LogP contribution is -2.45. The van der Waals surface area contributed by atoms with Gasteiger partial charge in [-0.05, 0) is 26.0 Å². The number of carbonyl (C=O) groups is 1. The van der Waals surface area contributed by atoms with E-state index < -0.39 is 0 Å². The first-order chi connectivity index (χ1) is 7.97. The van der Waals surface area contributed by atoms with Crippen LogP contribution in [-0.4, -0.2) is 29.6 Å². The number of rotatable bonds is 6. The van der Waals surface area contributed by atoms with E-state index in [1.165, 1.54) is 0 Å². The molecule has 1 rings (SSSR count). The van der Waals surface area contributed by atoms with E-state index in [2.05, 4.69) is 10.3 Å². The second kappa shape index (κ2) is 6.20. The van der Waals surface area contributed by atoms with Crippen molar-refractivity contribution in [3.05, 3.63) is 24.5 Å². The van der Waals surface area contributed by atoms with Gasteiger partial charge >= 0.3 is 0 Å². The summed E-state index contributed by atoms with van der Waals surface area (Å²) in [6.45, 7) is 4.51.